The molecule has 1 aromatic carbocycles. The van der Waals surface area contributed by atoms with Crippen molar-refractivity contribution in [3.05, 3.63) is 40.9 Å². The van der Waals surface area contributed by atoms with E-state index in [1.54, 1.807) is 0 Å². The van der Waals surface area contributed by atoms with E-state index in [1.165, 1.54) is 31.2 Å². The Kier molecular flexibility index (Phi) is 3.26. The maximum atomic E-state index is 5.81. The molecule has 1 aliphatic carbocycles. The van der Waals surface area contributed by atoms with Crippen molar-refractivity contribution in [1.82, 2.24) is 0 Å². The minimum Gasteiger partial charge on any atom is -0.0843 e. The summed E-state index contributed by atoms with van der Waals surface area (Å²) < 4.78 is 0. The standard InChI is InChI=1S/C13H15Cl/c14-13-9-7-12(8-10-13)6-5-11-3-1-2-4-11/h5-11H,1-4H2/b6-5+. The zero-order chi connectivity index (χ0) is 9.80. The van der Waals surface area contributed by atoms with Gasteiger partial charge in [-0.15, -0.1) is 0 Å². The van der Waals surface area contributed by atoms with Gasteiger partial charge in [0.2, 0.25) is 0 Å². The van der Waals surface area contributed by atoms with Crippen LogP contribution in [0.15, 0.2) is 30.3 Å². The average Bonchev–Trinajstić information content (AvgIpc) is 2.70. The highest BCUT2D eigenvalue weighted by molar-refractivity contribution is 6.30. The highest BCUT2D eigenvalue weighted by Crippen LogP contribution is 2.26. The lowest BCUT2D eigenvalue weighted by atomic mass is 10.1. The molecule has 0 radical (unpaired) electrons. The summed E-state index contributed by atoms with van der Waals surface area (Å²) >= 11 is 5.81. The van der Waals surface area contributed by atoms with Gasteiger partial charge < -0.3 is 0 Å². The molecule has 0 aromatic heterocycles. The number of hydrogen-bond donors (Lipinski definition) is 0. The molecule has 1 heteroatoms. The maximum Gasteiger partial charge on any atom is 0.0406 e. The molecule has 0 nitrogen and oxygen atoms in total. The Morgan fingerprint density at radius 3 is 2.36 bits per heavy atom. The second-order valence-electron chi connectivity index (χ2n) is 3.96. The molecule has 0 spiro atoms. The van der Waals surface area contributed by atoms with E-state index < -0.39 is 0 Å². The fourth-order valence-electron chi connectivity index (χ4n) is 1.97. The molecule has 2 rings (SSSR count). The van der Waals surface area contributed by atoms with Crippen LogP contribution < -0.4 is 0 Å². The van der Waals surface area contributed by atoms with Gasteiger partial charge in [0, 0.05) is 5.02 Å². The molecule has 1 fully saturated rings. The molecule has 0 heterocycles. The molecule has 14 heavy (non-hydrogen) atoms. The SMILES string of the molecule is Clc1ccc(/C=C/C2CCCC2)cc1. The molecule has 0 saturated heterocycles. The van der Waals surface area contributed by atoms with E-state index in [9.17, 15) is 0 Å². The van der Waals surface area contributed by atoms with E-state index in [1.807, 2.05) is 12.1 Å². The van der Waals surface area contributed by atoms with Gasteiger partial charge >= 0.3 is 0 Å². The van der Waals surface area contributed by atoms with Gasteiger partial charge in [-0.1, -0.05) is 48.7 Å². The van der Waals surface area contributed by atoms with E-state index in [0.717, 1.165) is 10.9 Å². The summed E-state index contributed by atoms with van der Waals surface area (Å²) in [5, 5.41) is 0.808. The van der Waals surface area contributed by atoms with Crippen molar-refractivity contribution >= 4 is 17.7 Å². The van der Waals surface area contributed by atoms with Crippen molar-refractivity contribution in [1.29, 1.82) is 0 Å². The zero-order valence-corrected chi connectivity index (χ0v) is 9.00. The third kappa shape index (κ3) is 2.62. The number of allylic oxidation sites excluding steroid dienone is 1. The monoisotopic (exact) mass is 206 g/mol. The zero-order valence-electron chi connectivity index (χ0n) is 8.25. The fourth-order valence-corrected chi connectivity index (χ4v) is 2.10. The van der Waals surface area contributed by atoms with Crippen LogP contribution in [0, 0.1) is 5.92 Å². The molecule has 0 aliphatic heterocycles. The summed E-state index contributed by atoms with van der Waals surface area (Å²) in [4.78, 5) is 0. The molecule has 74 valence electrons. The molecule has 0 bridgehead atoms. The van der Waals surface area contributed by atoms with Crippen LogP contribution in [-0.2, 0) is 0 Å². The van der Waals surface area contributed by atoms with E-state index in [-0.39, 0.29) is 0 Å². The van der Waals surface area contributed by atoms with Gasteiger partial charge in [-0.3, -0.25) is 0 Å². The van der Waals surface area contributed by atoms with Gasteiger partial charge in [-0.05, 0) is 36.5 Å². The van der Waals surface area contributed by atoms with Crippen molar-refractivity contribution < 1.29 is 0 Å². The summed E-state index contributed by atoms with van der Waals surface area (Å²) in [7, 11) is 0. The highest BCUT2D eigenvalue weighted by atomic mass is 35.5. The first kappa shape index (κ1) is 9.79. The van der Waals surface area contributed by atoms with Crippen LogP contribution in [0.5, 0.6) is 0 Å². The minimum atomic E-state index is 0.808. The van der Waals surface area contributed by atoms with Crippen molar-refractivity contribution in [3.63, 3.8) is 0 Å². The quantitative estimate of drug-likeness (QED) is 0.666. The van der Waals surface area contributed by atoms with Gasteiger partial charge in [-0.2, -0.15) is 0 Å². The smallest absolute Gasteiger partial charge is 0.0406 e. The van der Waals surface area contributed by atoms with Crippen LogP contribution in [0.2, 0.25) is 5.02 Å². The van der Waals surface area contributed by atoms with Crippen molar-refractivity contribution in [2.75, 3.05) is 0 Å². The van der Waals surface area contributed by atoms with E-state index in [4.69, 9.17) is 11.6 Å². The van der Waals surface area contributed by atoms with Gasteiger partial charge in [0.05, 0.1) is 0 Å². The second kappa shape index (κ2) is 4.65. The van der Waals surface area contributed by atoms with Gasteiger partial charge in [0.1, 0.15) is 0 Å². The Balaban J connectivity index is 1.99. The van der Waals surface area contributed by atoms with Gasteiger partial charge in [-0.25, -0.2) is 0 Å². The summed E-state index contributed by atoms with van der Waals surface area (Å²) in [5.74, 6) is 0.811. The molecular formula is C13H15Cl. The molecule has 1 aromatic rings. The van der Waals surface area contributed by atoms with E-state index in [0.29, 0.717) is 0 Å². The molecule has 0 unspecified atom stereocenters. The first-order valence-corrected chi connectivity index (χ1v) is 5.66. The van der Waals surface area contributed by atoms with Crippen LogP contribution in [0.4, 0.5) is 0 Å². The normalized spacial score (nSPS) is 18.1. The van der Waals surface area contributed by atoms with Crippen molar-refractivity contribution in [2.45, 2.75) is 25.7 Å². The summed E-state index contributed by atoms with van der Waals surface area (Å²) in [5.41, 5.74) is 1.25. The predicted molar refractivity (Wildman–Crippen MR) is 62.4 cm³/mol. The number of benzene rings is 1. The van der Waals surface area contributed by atoms with Crippen LogP contribution in [-0.4, -0.2) is 0 Å². The molecule has 1 aliphatic rings. The molecular weight excluding hydrogens is 192 g/mol. The van der Waals surface area contributed by atoms with Crippen molar-refractivity contribution in [2.24, 2.45) is 5.92 Å². The fraction of sp³-hybridized carbons (Fsp3) is 0.385. The van der Waals surface area contributed by atoms with Crippen LogP contribution in [0.1, 0.15) is 31.2 Å². The second-order valence-corrected chi connectivity index (χ2v) is 4.39. The Labute approximate surface area is 90.6 Å². The lowest BCUT2D eigenvalue weighted by Crippen LogP contribution is -1.84. The van der Waals surface area contributed by atoms with E-state index in [2.05, 4.69) is 24.3 Å². The minimum absolute atomic E-state index is 0.808. The van der Waals surface area contributed by atoms with Crippen LogP contribution in [0.25, 0.3) is 6.08 Å². The van der Waals surface area contributed by atoms with Crippen LogP contribution in [0.3, 0.4) is 0 Å². The van der Waals surface area contributed by atoms with Gasteiger partial charge in [0.25, 0.3) is 0 Å². The largest absolute Gasteiger partial charge is 0.0843 e. The molecule has 0 N–H and O–H groups in total. The first-order chi connectivity index (χ1) is 6.84. The average molecular weight is 207 g/mol. The van der Waals surface area contributed by atoms with E-state index >= 15 is 0 Å². The molecule has 0 atom stereocenters. The molecule has 0 amide bonds. The number of halogens is 1. The van der Waals surface area contributed by atoms with Gasteiger partial charge in [0.15, 0.2) is 0 Å². The third-order valence-corrected chi connectivity index (χ3v) is 3.08. The predicted octanol–water partition coefficient (Wildman–Crippen LogP) is 4.54. The lowest BCUT2D eigenvalue weighted by molar-refractivity contribution is 0.689. The third-order valence-electron chi connectivity index (χ3n) is 2.83. The first-order valence-electron chi connectivity index (χ1n) is 5.28. The summed E-state index contributed by atoms with van der Waals surface area (Å²) in [6.45, 7) is 0. The lowest BCUT2D eigenvalue weighted by Gasteiger charge is -2.00. The Bertz CT molecular complexity index is 305. The summed E-state index contributed by atoms with van der Waals surface area (Å²) in [6.07, 6.45) is 10.1. The number of hydrogen-bond acceptors (Lipinski definition) is 0. The summed E-state index contributed by atoms with van der Waals surface area (Å²) in [6, 6.07) is 8.01. The Morgan fingerprint density at radius 1 is 1.07 bits per heavy atom. The topological polar surface area (TPSA) is 0 Å². The highest BCUT2D eigenvalue weighted by Gasteiger charge is 2.10. The van der Waals surface area contributed by atoms with Crippen molar-refractivity contribution in [3.8, 4) is 0 Å². The Morgan fingerprint density at radius 2 is 1.71 bits per heavy atom. The molecule has 1 saturated carbocycles. The maximum absolute atomic E-state index is 5.81. The Hall–Kier alpha value is -0.750. The number of rotatable bonds is 2. The van der Waals surface area contributed by atoms with Crippen LogP contribution >= 0.6 is 11.6 Å².